The van der Waals surface area contributed by atoms with Gasteiger partial charge in [0.25, 0.3) is 0 Å². The van der Waals surface area contributed by atoms with Crippen molar-refractivity contribution >= 4 is 5.91 Å². The van der Waals surface area contributed by atoms with Crippen LogP contribution in [0.1, 0.15) is 22.3 Å². The first kappa shape index (κ1) is 12.1. The van der Waals surface area contributed by atoms with E-state index in [0.29, 0.717) is 11.5 Å². The molecule has 4 nitrogen and oxygen atoms in total. The van der Waals surface area contributed by atoms with E-state index in [2.05, 4.69) is 4.90 Å². The maximum absolute atomic E-state index is 10.9. The molecule has 4 heteroatoms. The van der Waals surface area contributed by atoms with Gasteiger partial charge >= 0.3 is 0 Å². The van der Waals surface area contributed by atoms with Gasteiger partial charge in [-0.15, -0.1) is 0 Å². The van der Waals surface area contributed by atoms with Gasteiger partial charge in [0.05, 0.1) is 0 Å². The molecule has 1 amide bonds. The number of benzene rings is 1. The highest BCUT2D eigenvalue weighted by atomic mass is 16.1. The molecule has 1 aliphatic rings. The summed E-state index contributed by atoms with van der Waals surface area (Å²) in [5, 5.41) is 0. The van der Waals surface area contributed by atoms with Crippen molar-refractivity contribution in [1.82, 2.24) is 4.90 Å². The Bertz CT molecular complexity index is 388. The van der Waals surface area contributed by atoms with Crippen molar-refractivity contribution in [2.24, 2.45) is 17.4 Å². The van der Waals surface area contributed by atoms with E-state index in [9.17, 15) is 4.79 Å². The summed E-state index contributed by atoms with van der Waals surface area (Å²) in [6.07, 6.45) is 1.19. The van der Waals surface area contributed by atoms with E-state index in [1.165, 1.54) is 12.0 Å². The van der Waals surface area contributed by atoms with Gasteiger partial charge in [0.1, 0.15) is 0 Å². The quantitative estimate of drug-likeness (QED) is 0.798. The molecule has 4 N–H and O–H groups in total. The molecule has 0 aliphatic carbocycles. The molecule has 1 heterocycles. The van der Waals surface area contributed by atoms with Gasteiger partial charge < -0.3 is 11.5 Å². The Hall–Kier alpha value is -1.39. The van der Waals surface area contributed by atoms with Gasteiger partial charge in [-0.2, -0.15) is 0 Å². The first-order valence-corrected chi connectivity index (χ1v) is 6.00. The molecule has 1 unspecified atom stereocenters. The SMILES string of the molecule is NCC1CCN(Cc2ccc(C(N)=O)cc2)C1. The number of nitrogens with zero attached hydrogens (tertiary/aromatic N) is 1. The first-order chi connectivity index (χ1) is 8.19. The fraction of sp³-hybridized carbons (Fsp3) is 0.462. The van der Waals surface area contributed by atoms with Crippen molar-refractivity contribution < 1.29 is 4.79 Å². The molecule has 0 bridgehead atoms. The van der Waals surface area contributed by atoms with Gasteiger partial charge in [0, 0.05) is 18.7 Å². The zero-order chi connectivity index (χ0) is 12.3. The van der Waals surface area contributed by atoms with Crippen molar-refractivity contribution in [3.8, 4) is 0 Å². The summed E-state index contributed by atoms with van der Waals surface area (Å²) in [6, 6.07) is 7.51. The number of carbonyl (C=O) groups excluding carboxylic acids is 1. The van der Waals surface area contributed by atoms with Gasteiger partial charge in [-0.05, 0) is 43.1 Å². The number of hydrogen-bond acceptors (Lipinski definition) is 3. The lowest BCUT2D eigenvalue weighted by atomic mass is 10.1. The highest BCUT2D eigenvalue weighted by molar-refractivity contribution is 5.92. The van der Waals surface area contributed by atoms with Crippen LogP contribution < -0.4 is 11.5 Å². The Kier molecular flexibility index (Phi) is 3.76. The van der Waals surface area contributed by atoms with Crippen LogP contribution in [0.4, 0.5) is 0 Å². The maximum atomic E-state index is 10.9. The van der Waals surface area contributed by atoms with Crippen LogP contribution in [0.5, 0.6) is 0 Å². The Labute approximate surface area is 102 Å². The van der Waals surface area contributed by atoms with Crippen LogP contribution in [0.25, 0.3) is 0 Å². The van der Waals surface area contributed by atoms with E-state index in [1.807, 2.05) is 12.1 Å². The zero-order valence-electron chi connectivity index (χ0n) is 9.93. The van der Waals surface area contributed by atoms with E-state index >= 15 is 0 Å². The largest absolute Gasteiger partial charge is 0.366 e. The second kappa shape index (κ2) is 5.29. The third-order valence-corrected chi connectivity index (χ3v) is 3.35. The number of nitrogens with two attached hydrogens (primary N) is 2. The summed E-state index contributed by atoms with van der Waals surface area (Å²) in [6.45, 7) is 3.89. The Morgan fingerprint density at radius 2 is 2.06 bits per heavy atom. The molecule has 1 aliphatic heterocycles. The molecular weight excluding hydrogens is 214 g/mol. The lowest BCUT2D eigenvalue weighted by Crippen LogP contribution is -2.22. The molecular formula is C13H19N3O. The lowest BCUT2D eigenvalue weighted by molar-refractivity contribution is 0.100. The molecule has 1 atom stereocenters. The van der Waals surface area contributed by atoms with Crippen LogP contribution in [0.2, 0.25) is 0 Å². The summed E-state index contributed by atoms with van der Waals surface area (Å²) >= 11 is 0. The molecule has 0 saturated carbocycles. The summed E-state index contributed by atoms with van der Waals surface area (Å²) in [4.78, 5) is 13.3. The molecule has 17 heavy (non-hydrogen) atoms. The molecule has 1 fully saturated rings. The predicted octanol–water partition coefficient (Wildman–Crippen LogP) is 0.566. The molecule has 0 aromatic heterocycles. The first-order valence-electron chi connectivity index (χ1n) is 6.00. The van der Waals surface area contributed by atoms with E-state index in [-0.39, 0.29) is 5.91 Å². The van der Waals surface area contributed by atoms with Crippen LogP contribution in [-0.2, 0) is 6.54 Å². The fourth-order valence-corrected chi connectivity index (χ4v) is 2.28. The highest BCUT2D eigenvalue weighted by Gasteiger charge is 2.20. The number of amides is 1. The standard InChI is InChI=1S/C13H19N3O/c14-7-11-5-6-16(9-11)8-10-1-3-12(4-2-10)13(15)17/h1-4,11H,5-9,14H2,(H2,15,17). The number of likely N-dealkylation sites (tertiary alicyclic amines) is 1. The van der Waals surface area contributed by atoms with Gasteiger partial charge in [0.15, 0.2) is 0 Å². The van der Waals surface area contributed by atoms with Gasteiger partial charge in [-0.3, -0.25) is 9.69 Å². The van der Waals surface area contributed by atoms with E-state index in [0.717, 1.165) is 26.2 Å². The smallest absolute Gasteiger partial charge is 0.248 e. The van der Waals surface area contributed by atoms with E-state index in [4.69, 9.17) is 11.5 Å². The van der Waals surface area contributed by atoms with Crippen molar-refractivity contribution in [2.45, 2.75) is 13.0 Å². The summed E-state index contributed by atoms with van der Waals surface area (Å²) in [5.41, 5.74) is 12.6. The monoisotopic (exact) mass is 233 g/mol. The van der Waals surface area contributed by atoms with Crippen molar-refractivity contribution in [2.75, 3.05) is 19.6 Å². The molecule has 0 radical (unpaired) electrons. The van der Waals surface area contributed by atoms with Gasteiger partial charge in [-0.1, -0.05) is 12.1 Å². The van der Waals surface area contributed by atoms with Crippen LogP contribution >= 0.6 is 0 Å². The lowest BCUT2D eigenvalue weighted by Gasteiger charge is -2.15. The molecule has 0 spiro atoms. The van der Waals surface area contributed by atoms with Crippen molar-refractivity contribution in [3.63, 3.8) is 0 Å². The van der Waals surface area contributed by atoms with Gasteiger partial charge in [-0.25, -0.2) is 0 Å². The summed E-state index contributed by atoms with van der Waals surface area (Å²) in [7, 11) is 0. The fourth-order valence-electron chi connectivity index (χ4n) is 2.28. The second-order valence-electron chi connectivity index (χ2n) is 4.69. The zero-order valence-corrected chi connectivity index (χ0v) is 9.93. The minimum atomic E-state index is -0.374. The number of carbonyl (C=O) groups is 1. The normalized spacial score (nSPS) is 20.6. The van der Waals surface area contributed by atoms with E-state index in [1.54, 1.807) is 12.1 Å². The van der Waals surface area contributed by atoms with Crippen LogP contribution in [-0.4, -0.2) is 30.4 Å². The molecule has 1 aromatic carbocycles. The Balaban J connectivity index is 1.93. The topological polar surface area (TPSA) is 72.3 Å². The Morgan fingerprint density at radius 3 is 2.59 bits per heavy atom. The minimum Gasteiger partial charge on any atom is -0.366 e. The van der Waals surface area contributed by atoms with E-state index < -0.39 is 0 Å². The van der Waals surface area contributed by atoms with Crippen LogP contribution in [0.15, 0.2) is 24.3 Å². The Morgan fingerprint density at radius 1 is 1.35 bits per heavy atom. The molecule has 1 aromatic rings. The average Bonchev–Trinajstić information content (AvgIpc) is 2.77. The maximum Gasteiger partial charge on any atom is 0.248 e. The van der Waals surface area contributed by atoms with Crippen molar-refractivity contribution in [1.29, 1.82) is 0 Å². The third-order valence-electron chi connectivity index (χ3n) is 3.35. The second-order valence-corrected chi connectivity index (χ2v) is 4.69. The number of hydrogen-bond donors (Lipinski definition) is 2. The molecule has 2 rings (SSSR count). The predicted molar refractivity (Wildman–Crippen MR) is 67.4 cm³/mol. The summed E-state index contributed by atoms with van der Waals surface area (Å²) in [5.74, 6) is 0.265. The number of primary amides is 1. The van der Waals surface area contributed by atoms with Crippen molar-refractivity contribution in [3.05, 3.63) is 35.4 Å². The molecule has 92 valence electrons. The molecule has 1 saturated heterocycles. The summed E-state index contributed by atoms with van der Waals surface area (Å²) < 4.78 is 0. The van der Waals surface area contributed by atoms with Gasteiger partial charge in [0.2, 0.25) is 5.91 Å². The van der Waals surface area contributed by atoms with Crippen LogP contribution in [0.3, 0.4) is 0 Å². The third kappa shape index (κ3) is 3.05. The van der Waals surface area contributed by atoms with Crippen LogP contribution in [0, 0.1) is 5.92 Å². The minimum absolute atomic E-state index is 0.374. The average molecular weight is 233 g/mol. The number of rotatable bonds is 4. The highest BCUT2D eigenvalue weighted by Crippen LogP contribution is 2.17.